The normalized spacial score (nSPS) is 12.7. The fraction of sp³-hybridized carbons (Fsp3) is 0.167. The summed E-state index contributed by atoms with van der Waals surface area (Å²) in [5, 5.41) is 1.94. The summed E-state index contributed by atoms with van der Waals surface area (Å²) < 4.78 is 26.8. The van der Waals surface area contributed by atoms with Crippen LogP contribution >= 0.6 is 27.3 Å². The largest absolute Gasteiger partial charge is 0.323 e. The number of hydrogen-bond donors (Lipinski definition) is 1. The van der Waals surface area contributed by atoms with E-state index in [1.165, 1.54) is 6.07 Å². The summed E-state index contributed by atoms with van der Waals surface area (Å²) in [4.78, 5) is 1.02. The van der Waals surface area contributed by atoms with E-state index < -0.39 is 11.6 Å². The molecule has 0 saturated heterocycles. The first kappa shape index (κ1) is 12.7. The van der Waals surface area contributed by atoms with Crippen LogP contribution in [0.25, 0.3) is 0 Å². The highest BCUT2D eigenvalue weighted by molar-refractivity contribution is 9.10. The molecule has 1 aromatic heterocycles. The van der Waals surface area contributed by atoms with E-state index in [2.05, 4.69) is 15.9 Å². The van der Waals surface area contributed by atoms with Crippen LogP contribution in [0.1, 0.15) is 16.5 Å². The van der Waals surface area contributed by atoms with Gasteiger partial charge in [-0.25, -0.2) is 8.78 Å². The molecule has 0 aliphatic carbocycles. The van der Waals surface area contributed by atoms with Crippen LogP contribution in [0.5, 0.6) is 0 Å². The second kappa shape index (κ2) is 5.25. The number of benzene rings is 1. The summed E-state index contributed by atoms with van der Waals surface area (Å²) in [6, 6.07) is 5.62. The summed E-state index contributed by atoms with van der Waals surface area (Å²) in [5.41, 5.74) is 6.70. The van der Waals surface area contributed by atoms with E-state index in [1.54, 1.807) is 17.4 Å². The Morgan fingerprint density at radius 3 is 2.59 bits per heavy atom. The second-order valence-electron chi connectivity index (χ2n) is 3.73. The molecule has 1 heterocycles. The van der Waals surface area contributed by atoms with Crippen molar-refractivity contribution in [1.29, 1.82) is 0 Å². The second-order valence-corrected chi connectivity index (χ2v) is 5.58. The van der Waals surface area contributed by atoms with Crippen molar-refractivity contribution < 1.29 is 8.78 Å². The van der Waals surface area contributed by atoms with Crippen LogP contribution in [0.2, 0.25) is 0 Å². The zero-order valence-corrected chi connectivity index (χ0v) is 11.2. The molecule has 1 aromatic carbocycles. The fourth-order valence-corrected chi connectivity index (χ4v) is 2.99. The highest BCUT2D eigenvalue weighted by Crippen LogP contribution is 2.26. The lowest BCUT2D eigenvalue weighted by Crippen LogP contribution is -2.12. The van der Waals surface area contributed by atoms with Gasteiger partial charge >= 0.3 is 0 Å². The highest BCUT2D eigenvalue weighted by atomic mass is 79.9. The van der Waals surface area contributed by atoms with Gasteiger partial charge in [0.15, 0.2) is 11.6 Å². The Morgan fingerprint density at radius 1 is 1.24 bits per heavy atom. The lowest BCUT2D eigenvalue weighted by Gasteiger charge is -2.09. The Morgan fingerprint density at radius 2 is 2.00 bits per heavy atom. The minimum absolute atomic E-state index is 0.198. The summed E-state index contributed by atoms with van der Waals surface area (Å²) in [7, 11) is 0. The maximum Gasteiger partial charge on any atom is 0.159 e. The minimum Gasteiger partial charge on any atom is -0.323 e. The van der Waals surface area contributed by atoms with Gasteiger partial charge in [0, 0.05) is 20.8 Å². The number of thiophene rings is 1. The molecule has 0 amide bonds. The maximum absolute atomic E-state index is 13.0. The van der Waals surface area contributed by atoms with Crippen LogP contribution in [-0.2, 0) is 6.42 Å². The van der Waals surface area contributed by atoms with Crippen molar-refractivity contribution >= 4 is 27.3 Å². The topological polar surface area (TPSA) is 26.0 Å². The van der Waals surface area contributed by atoms with Gasteiger partial charge in [-0.15, -0.1) is 11.3 Å². The van der Waals surface area contributed by atoms with Crippen molar-refractivity contribution in [3.8, 4) is 0 Å². The maximum atomic E-state index is 13.0. The average molecular weight is 318 g/mol. The van der Waals surface area contributed by atoms with Gasteiger partial charge in [0.05, 0.1) is 0 Å². The zero-order chi connectivity index (χ0) is 12.4. The molecule has 0 fully saturated rings. The van der Waals surface area contributed by atoms with Gasteiger partial charge in [-0.05, 0) is 46.1 Å². The molecular weight excluding hydrogens is 308 g/mol. The van der Waals surface area contributed by atoms with Gasteiger partial charge < -0.3 is 5.73 Å². The van der Waals surface area contributed by atoms with E-state index in [0.29, 0.717) is 12.0 Å². The molecule has 0 spiro atoms. The van der Waals surface area contributed by atoms with Crippen molar-refractivity contribution in [3.05, 3.63) is 56.2 Å². The SMILES string of the molecule is NC(Cc1ccc(F)c(F)c1)c1cc(Br)cs1. The number of rotatable bonds is 3. The van der Waals surface area contributed by atoms with Gasteiger partial charge in [-0.3, -0.25) is 0 Å². The van der Waals surface area contributed by atoms with Gasteiger partial charge in [0.2, 0.25) is 0 Å². The fourth-order valence-electron chi connectivity index (χ4n) is 1.54. The first-order valence-electron chi connectivity index (χ1n) is 4.99. The Hall–Kier alpha value is -0.780. The summed E-state index contributed by atoms with van der Waals surface area (Å²) in [6.45, 7) is 0. The van der Waals surface area contributed by atoms with Gasteiger partial charge in [0.25, 0.3) is 0 Å². The molecule has 1 nitrogen and oxygen atoms in total. The standard InChI is InChI=1S/C12H10BrF2NS/c13-8-5-12(17-6-8)11(16)4-7-1-2-9(14)10(15)3-7/h1-3,5-6,11H,4,16H2. The van der Waals surface area contributed by atoms with E-state index in [1.807, 2.05) is 11.4 Å². The van der Waals surface area contributed by atoms with Crippen molar-refractivity contribution in [2.75, 3.05) is 0 Å². The van der Waals surface area contributed by atoms with Crippen LogP contribution in [0, 0.1) is 11.6 Å². The number of hydrogen-bond acceptors (Lipinski definition) is 2. The van der Waals surface area contributed by atoms with Crippen molar-refractivity contribution in [3.63, 3.8) is 0 Å². The Balaban J connectivity index is 2.12. The molecule has 0 aliphatic rings. The first-order chi connectivity index (χ1) is 8.06. The van der Waals surface area contributed by atoms with Crippen molar-refractivity contribution in [1.82, 2.24) is 0 Å². The highest BCUT2D eigenvalue weighted by Gasteiger charge is 2.11. The first-order valence-corrected chi connectivity index (χ1v) is 6.67. The Labute approximate surface area is 110 Å². The molecular formula is C12H10BrF2NS. The van der Waals surface area contributed by atoms with E-state index in [9.17, 15) is 8.78 Å². The smallest absolute Gasteiger partial charge is 0.159 e. The molecule has 2 N–H and O–H groups in total. The molecule has 90 valence electrons. The summed E-state index contributed by atoms with van der Waals surface area (Å²) >= 11 is 4.90. The molecule has 0 radical (unpaired) electrons. The lowest BCUT2D eigenvalue weighted by atomic mass is 10.1. The van der Waals surface area contributed by atoms with Crippen LogP contribution < -0.4 is 5.73 Å². The van der Waals surface area contributed by atoms with Gasteiger partial charge in [0.1, 0.15) is 0 Å². The summed E-state index contributed by atoms with van der Waals surface area (Å²) in [5.74, 6) is -1.66. The van der Waals surface area contributed by atoms with E-state index in [-0.39, 0.29) is 6.04 Å². The molecule has 2 aromatic rings. The molecule has 0 saturated carbocycles. The number of nitrogens with two attached hydrogens (primary N) is 1. The molecule has 0 bridgehead atoms. The zero-order valence-electron chi connectivity index (χ0n) is 8.79. The predicted molar refractivity (Wildman–Crippen MR) is 69.0 cm³/mol. The third kappa shape index (κ3) is 3.12. The van der Waals surface area contributed by atoms with Crippen LogP contribution in [0.15, 0.2) is 34.1 Å². The predicted octanol–water partition coefficient (Wildman–Crippen LogP) is 4.03. The van der Waals surface area contributed by atoms with Crippen LogP contribution in [0.3, 0.4) is 0 Å². The Kier molecular flexibility index (Phi) is 3.91. The third-order valence-corrected chi connectivity index (χ3v) is 4.22. The van der Waals surface area contributed by atoms with E-state index in [0.717, 1.165) is 15.4 Å². The van der Waals surface area contributed by atoms with Crippen molar-refractivity contribution in [2.45, 2.75) is 12.5 Å². The van der Waals surface area contributed by atoms with Crippen LogP contribution in [-0.4, -0.2) is 0 Å². The van der Waals surface area contributed by atoms with Crippen LogP contribution in [0.4, 0.5) is 8.78 Å². The molecule has 0 aliphatic heterocycles. The molecule has 17 heavy (non-hydrogen) atoms. The van der Waals surface area contributed by atoms with Gasteiger partial charge in [-0.1, -0.05) is 6.07 Å². The Bertz CT molecular complexity index is 527. The molecule has 5 heteroatoms. The van der Waals surface area contributed by atoms with Crippen molar-refractivity contribution in [2.24, 2.45) is 5.73 Å². The molecule has 1 unspecified atom stereocenters. The molecule has 1 atom stereocenters. The molecule has 2 rings (SSSR count). The minimum atomic E-state index is -0.832. The van der Waals surface area contributed by atoms with Gasteiger partial charge in [-0.2, -0.15) is 0 Å². The average Bonchev–Trinajstić information content (AvgIpc) is 2.70. The quantitative estimate of drug-likeness (QED) is 0.908. The third-order valence-electron chi connectivity index (χ3n) is 2.39. The monoisotopic (exact) mass is 317 g/mol. The lowest BCUT2D eigenvalue weighted by molar-refractivity contribution is 0.506. The van der Waals surface area contributed by atoms with E-state index in [4.69, 9.17) is 5.73 Å². The number of halogens is 3. The summed E-state index contributed by atoms with van der Waals surface area (Å²) in [6.07, 6.45) is 0.490. The van der Waals surface area contributed by atoms with E-state index >= 15 is 0 Å².